The SMILES string of the molecule is CC(C)(C)N/N=C/c1c(O)[nH]c(=O)c2ccccc12. The van der Waals surface area contributed by atoms with Gasteiger partial charge >= 0.3 is 0 Å². The quantitative estimate of drug-likeness (QED) is 0.570. The van der Waals surface area contributed by atoms with Crippen LogP contribution in [0.5, 0.6) is 5.88 Å². The van der Waals surface area contributed by atoms with Crippen molar-refractivity contribution in [2.45, 2.75) is 26.3 Å². The van der Waals surface area contributed by atoms with Gasteiger partial charge in [-0.1, -0.05) is 18.2 Å². The molecule has 2 rings (SSSR count). The number of aromatic nitrogens is 1. The molecule has 0 spiro atoms. The van der Waals surface area contributed by atoms with Crippen molar-refractivity contribution in [3.05, 3.63) is 40.2 Å². The van der Waals surface area contributed by atoms with E-state index in [-0.39, 0.29) is 17.0 Å². The highest BCUT2D eigenvalue weighted by molar-refractivity contribution is 6.01. The molecule has 5 heteroatoms. The van der Waals surface area contributed by atoms with E-state index in [2.05, 4.69) is 15.5 Å². The molecule has 0 atom stereocenters. The van der Waals surface area contributed by atoms with E-state index in [1.165, 1.54) is 6.21 Å². The van der Waals surface area contributed by atoms with Crippen molar-refractivity contribution in [1.29, 1.82) is 0 Å². The summed E-state index contributed by atoms with van der Waals surface area (Å²) < 4.78 is 0. The van der Waals surface area contributed by atoms with E-state index in [0.29, 0.717) is 16.3 Å². The van der Waals surface area contributed by atoms with Crippen LogP contribution >= 0.6 is 0 Å². The minimum Gasteiger partial charge on any atom is -0.494 e. The van der Waals surface area contributed by atoms with Gasteiger partial charge in [0.05, 0.1) is 11.8 Å². The highest BCUT2D eigenvalue weighted by Gasteiger charge is 2.10. The Balaban J connectivity index is 2.51. The van der Waals surface area contributed by atoms with Gasteiger partial charge in [0.2, 0.25) is 5.88 Å². The van der Waals surface area contributed by atoms with E-state index in [1.54, 1.807) is 18.2 Å². The summed E-state index contributed by atoms with van der Waals surface area (Å²) >= 11 is 0. The Morgan fingerprint density at radius 3 is 2.53 bits per heavy atom. The molecule has 1 aromatic carbocycles. The molecule has 0 fully saturated rings. The van der Waals surface area contributed by atoms with Crippen LogP contribution in [0.4, 0.5) is 0 Å². The summed E-state index contributed by atoms with van der Waals surface area (Å²) in [5.41, 5.74) is 2.96. The second-order valence-corrected chi connectivity index (χ2v) is 5.38. The molecular weight excluding hydrogens is 242 g/mol. The average molecular weight is 259 g/mol. The maximum atomic E-state index is 11.7. The van der Waals surface area contributed by atoms with Crippen molar-refractivity contribution < 1.29 is 5.11 Å². The Morgan fingerprint density at radius 1 is 1.26 bits per heavy atom. The summed E-state index contributed by atoms with van der Waals surface area (Å²) in [6.45, 7) is 5.94. The van der Waals surface area contributed by atoms with Gasteiger partial charge in [0.1, 0.15) is 0 Å². The zero-order chi connectivity index (χ0) is 14.0. The molecule has 0 bridgehead atoms. The molecule has 0 aliphatic carbocycles. The van der Waals surface area contributed by atoms with Crippen molar-refractivity contribution in [3.63, 3.8) is 0 Å². The van der Waals surface area contributed by atoms with Crippen molar-refractivity contribution >= 4 is 17.0 Å². The first-order chi connectivity index (χ1) is 8.88. The molecule has 19 heavy (non-hydrogen) atoms. The topological polar surface area (TPSA) is 77.5 Å². The van der Waals surface area contributed by atoms with Gasteiger partial charge in [-0.2, -0.15) is 5.10 Å². The zero-order valence-electron chi connectivity index (χ0n) is 11.2. The Hall–Kier alpha value is -2.30. The fourth-order valence-electron chi connectivity index (χ4n) is 1.71. The van der Waals surface area contributed by atoms with E-state index in [9.17, 15) is 9.90 Å². The van der Waals surface area contributed by atoms with E-state index in [4.69, 9.17) is 0 Å². The number of fused-ring (bicyclic) bond motifs is 1. The summed E-state index contributed by atoms with van der Waals surface area (Å²) in [7, 11) is 0. The molecule has 1 aromatic heterocycles. The third-order valence-electron chi connectivity index (χ3n) is 2.54. The standard InChI is InChI=1S/C14H17N3O2/c1-14(2,3)17-15-8-11-9-6-4-5-7-10(9)12(18)16-13(11)19/h4-8,17H,1-3H3,(H2,16,18,19)/b15-8+. The van der Waals surface area contributed by atoms with E-state index in [0.717, 1.165) is 0 Å². The first-order valence-corrected chi connectivity index (χ1v) is 6.03. The summed E-state index contributed by atoms with van der Waals surface area (Å²) in [6.07, 6.45) is 1.51. The predicted octanol–water partition coefficient (Wildman–Crippen LogP) is 1.96. The number of benzene rings is 1. The third kappa shape index (κ3) is 2.93. The second kappa shape index (κ2) is 4.76. The number of aromatic amines is 1. The Bertz CT molecular complexity index is 681. The number of pyridine rings is 1. The first-order valence-electron chi connectivity index (χ1n) is 6.03. The number of H-pyrrole nitrogens is 1. The number of hydrogen-bond donors (Lipinski definition) is 3. The number of hydrazone groups is 1. The van der Waals surface area contributed by atoms with Gasteiger partial charge in [-0.3, -0.25) is 9.78 Å². The summed E-state index contributed by atoms with van der Waals surface area (Å²) in [5.74, 6) is -0.178. The highest BCUT2D eigenvalue weighted by Crippen LogP contribution is 2.20. The molecular formula is C14H17N3O2. The van der Waals surface area contributed by atoms with Crippen LogP contribution in [0.1, 0.15) is 26.3 Å². The van der Waals surface area contributed by atoms with Crippen LogP contribution in [-0.4, -0.2) is 21.8 Å². The van der Waals surface area contributed by atoms with Gasteiger partial charge in [-0.15, -0.1) is 0 Å². The fraction of sp³-hybridized carbons (Fsp3) is 0.286. The molecule has 100 valence electrons. The van der Waals surface area contributed by atoms with Crippen molar-refractivity contribution in [1.82, 2.24) is 10.4 Å². The third-order valence-corrected chi connectivity index (χ3v) is 2.54. The van der Waals surface area contributed by atoms with Gasteiger partial charge < -0.3 is 10.5 Å². The smallest absolute Gasteiger partial charge is 0.258 e. The lowest BCUT2D eigenvalue weighted by Gasteiger charge is -2.17. The van der Waals surface area contributed by atoms with Crippen LogP contribution in [0.25, 0.3) is 10.8 Å². The van der Waals surface area contributed by atoms with Crippen LogP contribution < -0.4 is 11.0 Å². The van der Waals surface area contributed by atoms with Gasteiger partial charge in [-0.05, 0) is 26.8 Å². The Kier molecular flexibility index (Phi) is 3.29. The van der Waals surface area contributed by atoms with Gasteiger partial charge in [0.25, 0.3) is 5.56 Å². The minimum atomic E-state index is -0.311. The lowest BCUT2D eigenvalue weighted by molar-refractivity contribution is 0.440. The molecule has 0 aliphatic heterocycles. The van der Waals surface area contributed by atoms with Crippen LogP contribution in [0.2, 0.25) is 0 Å². The monoisotopic (exact) mass is 259 g/mol. The van der Waals surface area contributed by atoms with Crippen LogP contribution in [-0.2, 0) is 0 Å². The van der Waals surface area contributed by atoms with Gasteiger partial charge in [0, 0.05) is 16.3 Å². The Morgan fingerprint density at radius 2 is 1.89 bits per heavy atom. The maximum absolute atomic E-state index is 11.7. The van der Waals surface area contributed by atoms with Gasteiger partial charge in [-0.25, -0.2) is 0 Å². The Labute approximate surface area is 111 Å². The average Bonchev–Trinajstić information content (AvgIpc) is 2.32. The van der Waals surface area contributed by atoms with Crippen LogP contribution in [0.15, 0.2) is 34.2 Å². The molecule has 0 aliphatic rings. The van der Waals surface area contributed by atoms with Gasteiger partial charge in [0.15, 0.2) is 0 Å². The van der Waals surface area contributed by atoms with Crippen molar-refractivity contribution in [2.24, 2.45) is 5.10 Å². The molecule has 0 radical (unpaired) electrons. The van der Waals surface area contributed by atoms with Crippen LogP contribution in [0.3, 0.4) is 0 Å². The molecule has 2 aromatic rings. The summed E-state index contributed by atoms with van der Waals surface area (Å²) in [5, 5.41) is 15.1. The first kappa shape index (κ1) is 13.1. The predicted molar refractivity (Wildman–Crippen MR) is 76.7 cm³/mol. The molecule has 1 heterocycles. The molecule has 0 saturated carbocycles. The van der Waals surface area contributed by atoms with Crippen molar-refractivity contribution in [2.75, 3.05) is 0 Å². The molecule has 0 amide bonds. The second-order valence-electron chi connectivity index (χ2n) is 5.38. The highest BCUT2D eigenvalue weighted by atomic mass is 16.3. The number of nitrogens with zero attached hydrogens (tertiary/aromatic N) is 1. The molecule has 0 unspecified atom stereocenters. The van der Waals surface area contributed by atoms with E-state index in [1.807, 2.05) is 26.8 Å². The largest absolute Gasteiger partial charge is 0.494 e. The van der Waals surface area contributed by atoms with E-state index < -0.39 is 0 Å². The molecule has 5 nitrogen and oxygen atoms in total. The number of aromatic hydroxyl groups is 1. The minimum absolute atomic E-state index is 0.163. The lowest BCUT2D eigenvalue weighted by atomic mass is 10.1. The molecule has 0 saturated heterocycles. The number of nitrogens with one attached hydrogen (secondary N) is 2. The van der Waals surface area contributed by atoms with Crippen molar-refractivity contribution in [3.8, 4) is 5.88 Å². The fourth-order valence-corrected chi connectivity index (χ4v) is 1.71. The van der Waals surface area contributed by atoms with E-state index >= 15 is 0 Å². The lowest BCUT2D eigenvalue weighted by Crippen LogP contribution is -2.31. The zero-order valence-corrected chi connectivity index (χ0v) is 11.2. The summed E-state index contributed by atoms with van der Waals surface area (Å²) in [4.78, 5) is 14.1. The number of rotatable bonds is 2. The van der Waals surface area contributed by atoms with Crippen LogP contribution in [0, 0.1) is 0 Å². The number of hydrogen-bond acceptors (Lipinski definition) is 4. The maximum Gasteiger partial charge on any atom is 0.258 e. The normalized spacial score (nSPS) is 12.2. The molecule has 3 N–H and O–H groups in total. The summed E-state index contributed by atoms with van der Waals surface area (Å²) in [6, 6.07) is 7.09.